The number of hydrogen-bond acceptors (Lipinski definition) is 10. The number of ketones is 2. The normalized spacial score (nSPS) is 32.7. The highest BCUT2D eigenvalue weighted by Crippen LogP contribution is 2.58. The molecule has 192 valence electrons. The van der Waals surface area contributed by atoms with Crippen LogP contribution in [0.15, 0.2) is 29.0 Å². The number of carbonyl (C=O) groups is 3. The summed E-state index contributed by atoms with van der Waals surface area (Å²) in [5.74, 6) is -6.68. The molecule has 10 N–H and O–H groups in total. The highest BCUT2D eigenvalue weighted by molar-refractivity contribution is 6.24. The zero-order valence-corrected chi connectivity index (χ0v) is 19.7. The number of rotatable bonds is 3. The van der Waals surface area contributed by atoms with Crippen molar-refractivity contribution in [3.05, 3.63) is 40.2 Å². The quantitative estimate of drug-likeness (QED) is 0.165. The Balaban J connectivity index is 1.77. The minimum Gasteiger partial charge on any atom is -0.508 e. The third-order valence-electron chi connectivity index (χ3n) is 8.37. The van der Waals surface area contributed by atoms with Crippen molar-refractivity contribution in [1.82, 2.24) is 4.90 Å². The molecule has 4 atom stereocenters. The first-order valence-corrected chi connectivity index (χ1v) is 12.0. The van der Waals surface area contributed by atoms with E-state index in [0.29, 0.717) is 17.8 Å². The molecule has 1 saturated carbocycles. The average Bonchev–Trinajstić information content (AvgIpc) is 2.82. The number of phenolic OH excluding ortho intramolecular Hbond substituents is 1. The fourth-order valence-electron chi connectivity index (χ4n) is 6.67. The van der Waals surface area contributed by atoms with Gasteiger partial charge in [-0.25, -0.2) is 0 Å². The molecule has 11 nitrogen and oxygen atoms in total. The molecule has 0 aromatic heterocycles. The van der Waals surface area contributed by atoms with Crippen molar-refractivity contribution < 1.29 is 34.8 Å². The minimum absolute atomic E-state index is 0.0237. The van der Waals surface area contributed by atoms with Crippen molar-refractivity contribution in [2.45, 2.75) is 43.7 Å². The number of nitrogens with two attached hydrogens (primary N) is 3. The molecule has 1 heterocycles. The molecule has 0 unspecified atom stereocenters. The van der Waals surface area contributed by atoms with Crippen LogP contribution in [0.25, 0.3) is 5.76 Å². The maximum atomic E-state index is 14.1. The molecular weight excluding hydrogens is 468 g/mol. The van der Waals surface area contributed by atoms with E-state index < -0.39 is 57.5 Å². The van der Waals surface area contributed by atoms with Gasteiger partial charge in [0.25, 0.3) is 5.91 Å². The van der Waals surface area contributed by atoms with E-state index in [2.05, 4.69) is 4.90 Å². The Labute approximate surface area is 206 Å². The van der Waals surface area contributed by atoms with E-state index >= 15 is 0 Å². The summed E-state index contributed by atoms with van der Waals surface area (Å²) in [6.45, 7) is 1.81. The summed E-state index contributed by atoms with van der Waals surface area (Å²) in [7, 11) is 0. The van der Waals surface area contributed by atoms with E-state index in [1.807, 2.05) is 0 Å². The van der Waals surface area contributed by atoms with Crippen LogP contribution in [0, 0.1) is 11.3 Å². The van der Waals surface area contributed by atoms with Gasteiger partial charge < -0.3 is 42.5 Å². The maximum absolute atomic E-state index is 14.1. The number of aliphatic hydroxyl groups excluding tert-OH is 2. The Hall–Kier alpha value is -3.41. The Bertz CT molecular complexity index is 1270. The van der Waals surface area contributed by atoms with Crippen molar-refractivity contribution in [2.75, 3.05) is 25.4 Å². The van der Waals surface area contributed by atoms with Crippen molar-refractivity contribution >= 4 is 28.9 Å². The molecule has 0 spiro atoms. The Morgan fingerprint density at radius 3 is 2.42 bits per heavy atom. The Morgan fingerprint density at radius 2 is 1.78 bits per heavy atom. The van der Waals surface area contributed by atoms with E-state index in [1.54, 1.807) is 0 Å². The lowest BCUT2D eigenvalue weighted by molar-refractivity contribution is -0.153. The summed E-state index contributed by atoms with van der Waals surface area (Å²) < 4.78 is 0. The fourth-order valence-corrected chi connectivity index (χ4v) is 6.67. The van der Waals surface area contributed by atoms with Crippen LogP contribution in [0.5, 0.6) is 5.75 Å². The van der Waals surface area contributed by atoms with Crippen molar-refractivity contribution in [1.29, 1.82) is 0 Å². The van der Waals surface area contributed by atoms with Crippen LogP contribution in [0.1, 0.15) is 36.8 Å². The number of hydrogen-bond donors (Lipinski definition) is 7. The van der Waals surface area contributed by atoms with Gasteiger partial charge in [-0.1, -0.05) is 6.42 Å². The number of Topliss-reactive ketones (excluding diaryl/α,β-unsaturated/α-hetero) is 2. The number of nitrogens with zero attached hydrogens (tertiary/aromatic N) is 1. The molecule has 5 rings (SSSR count). The lowest BCUT2D eigenvalue weighted by Crippen LogP contribution is -2.68. The molecular formula is C25H30N4O7. The smallest absolute Gasteiger partial charge is 0.255 e. The number of likely N-dealkylation sites (tertiary alicyclic amines) is 1. The summed E-state index contributed by atoms with van der Waals surface area (Å²) in [6, 6.07) is 1.30. The largest absolute Gasteiger partial charge is 0.508 e. The summed E-state index contributed by atoms with van der Waals surface area (Å²) in [5.41, 5.74) is 13.4. The van der Waals surface area contributed by atoms with Gasteiger partial charge in [-0.15, -0.1) is 0 Å². The molecule has 1 saturated heterocycles. The fraction of sp³-hybridized carbons (Fsp3) is 0.480. The summed E-state index contributed by atoms with van der Waals surface area (Å²) >= 11 is 0. The van der Waals surface area contributed by atoms with Crippen LogP contribution in [-0.4, -0.2) is 74.1 Å². The molecule has 2 fully saturated rings. The number of carbonyl (C=O) groups excluding carboxylic acids is 3. The van der Waals surface area contributed by atoms with E-state index in [-0.39, 0.29) is 29.7 Å². The average molecular weight is 499 g/mol. The monoisotopic (exact) mass is 498 g/mol. The first-order valence-electron chi connectivity index (χ1n) is 12.0. The molecule has 36 heavy (non-hydrogen) atoms. The molecule has 0 bridgehead atoms. The molecule has 4 aliphatic rings. The van der Waals surface area contributed by atoms with Crippen LogP contribution < -0.4 is 17.2 Å². The van der Waals surface area contributed by atoms with Gasteiger partial charge in [0.2, 0.25) is 5.78 Å². The van der Waals surface area contributed by atoms with Gasteiger partial charge in [-0.05, 0) is 56.5 Å². The third-order valence-corrected chi connectivity index (χ3v) is 8.37. The Kier molecular flexibility index (Phi) is 5.43. The highest BCUT2D eigenvalue weighted by atomic mass is 16.3. The third kappa shape index (κ3) is 3.12. The van der Waals surface area contributed by atoms with Gasteiger partial charge in [0, 0.05) is 29.1 Å². The van der Waals surface area contributed by atoms with E-state index in [1.165, 1.54) is 12.1 Å². The highest BCUT2D eigenvalue weighted by Gasteiger charge is 2.67. The number of fused-ring (bicyclic) bond motifs is 3. The van der Waals surface area contributed by atoms with Crippen molar-refractivity contribution in [3.63, 3.8) is 0 Å². The number of amides is 1. The minimum atomic E-state index is -2.75. The number of phenols is 1. The van der Waals surface area contributed by atoms with Crippen LogP contribution in [0.4, 0.5) is 5.69 Å². The molecule has 3 aliphatic carbocycles. The summed E-state index contributed by atoms with van der Waals surface area (Å²) in [4.78, 5) is 41.1. The lowest BCUT2D eigenvalue weighted by Gasteiger charge is -2.54. The number of aliphatic hydroxyl groups is 3. The van der Waals surface area contributed by atoms with Gasteiger partial charge in [0.15, 0.2) is 11.4 Å². The van der Waals surface area contributed by atoms with E-state index in [0.717, 1.165) is 32.4 Å². The second-order valence-corrected chi connectivity index (χ2v) is 10.4. The molecule has 0 radical (unpaired) electrons. The standard InChI is InChI=1S/C25H30N4O7/c26-13-4-5-14(30)15-11(13)8-24(10-29-6-2-1-3-7-29)9-12-18(27)20(32)16(23(28)35)21(33)25(12,36)22(34)17(24)19(15)31/h4-5,12,18,30-31,33,36H,1-3,6-10,26-27H2,(H2,28,35)/t12-,18-,24-,25+/m0/s1. The number of aromatic hydroxyl groups is 1. The predicted octanol–water partition coefficient (Wildman–Crippen LogP) is -0.201. The van der Waals surface area contributed by atoms with Crippen LogP contribution in [0.3, 0.4) is 0 Å². The lowest BCUT2D eigenvalue weighted by atomic mass is 9.51. The second kappa shape index (κ2) is 8.05. The number of piperidine rings is 1. The van der Waals surface area contributed by atoms with Crippen LogP contribution in [-0.2, 0) is 20.8 Å². The van der Waals surface area contributed by atoms with Gasteiger partial charge >= 0.3 is 0 Å². The zero-order chi connectivity index (χ0) is 26.2. The SMILES string of the molecule is NC(=O)C1=C(O)[C@@]2(O)C(=O)C3=C(O)c4c(O)ccc(N)c4C[C@@]3(CN3CCCCC3)C[C@H]2[C@H](N)C1=O. The summed E-state index contributed by atoms with van der Waals surface area (Å²) in [5, 5.41) is 44.5. The molecule has 1 aromatic carbocycles. The number of primary amides is 1. The molecule has 1 amide bonds. The maximum Gasteiger partial charge on any atom is 0.255 e. The number of benzene rings is 1. The van der Waals surface area contributed by atoms with Gasteiger partial charge in [0.05, 0.1) is 11.6 Å². The van der Waals surface area contributed by atoms with Crippen molar-refractivity contribution in [3.8, 4) is 5.75 Å². The first-order chi connectivity index (χ1) is 16.9. The molecule has 1 aromatic rings. The number of nitrogen functional groups attached to an aromatic ring is 1. The van der Waals surface area contributed by atoms with Crippen molar-refractivity contribution in [2.24, 2.45) is 22.8 Å². The zero-order valence-electron chi connectivity index (χ0n) is 19.7. The Morgan fingerprint density at radius 1 is 1.11 bits per heavy atom. The van der Waals surface area contributed by atoms with Crippen LogP contribution in [0.2, 0.25) is 0 Å². The summed E-state index contributed by atoms with van der Waals surface area (Å²) in [6.07, 6.45) is 3.03. The number of anilines is 1. The topological polar surface area (TPSA) is 213 Å². The molecule has 11 heteroatoms. The molecule has 1 aliphatic heterocycles. The predicted molar refractivity (Wildman–Crippen MR) is 128 cm³/mol. The second-order valence-electron chi connectivity index (χ2n) is 10.4. The van der Waals surface area contributed by atoms with Crippen LogP contribution >= 0.6 is 0 Å². The van der Waals surface area contributed by atoms with Gasteiger partial charge in [-0.2, -0.15) is 0 Å². The van der Waals surface area contributed by atoms with E-state index in [4.69, 9.17) is 17.2 Å². The first kappa shape index (κ1) is 24.3. The van der Waals surface area contributed by atoms with E-state index in [9.17, 15) is 34.8 Å². The van der Waals surface area contributed by atoms with Gasteiger partial charge in [0.1, 0.15) is 22.8 Å². The van der Waals surface area contributed by atoms with Gasteiger partial charge in [-0.3, -0.25) is 14.4 Å².